The average molecular weight is 316 g/mol. The third-order valence-corrected chi connectivity index (χ3v) is 3.72. The zero-order chi connectivity index (χ0) is 10.9. The van der Waals surface area contributed by atoms with E-state index in [9.17, 15) is 4.79 Å². The van der Waals surface area contributed by atoms with E-state index in [0.29, 0.717) is 0 Å². The standard InChI is InChI=1S/C7H6O.C6H11I/c8-6-7-4-2-1-3-5-7;7-6-4-2-1-3-5-6/h1-6H;6H,1-5H2. The Morgan fingerprint density at radius 3 is 2.00 bits per heavy atom. The van der Waals surface area contributed by atoms with Crippen molar-refractivity contribution in [3.05, 3.63) is 35.9 Å². The quantitative estimate of drug-likeness (QED) is 0.430. The first-order valence-corrected chi connectivity index (χ1v) is 6.72. The highest BCUT2D eigenvalue weighted by Gasteiger charge is 2.07. The normalized spacial score (nSPS) is 16.3. The first kappa shape index (κ1) is 12.7. The van der Waals surface area contributed by atoms with Gasteiger partial charge in [0.25, 0.3) is 0 Å². The largest absolute Gasteiger partial charge is 0.298 e. The Bertz CT molecular complexity index is 265. The molecule has 2 rings (SSSR count). The van der Waals surface area contributed by atoms with Gasteiger partial charge in [0.1, 0.15) is 6.29 Å². The van der Waals surface area contributed by atoms with Gasteiger partial charge in [-0.05, 0) is 12.8 Å². The summed E-state index contributed by atoms with van der Waals surface area (Å²) in [5.74, 6) is 0. The minimum atomic E-state index is 0.729. The molecule has 0 unspecified atom stereocenters. The number of hydrogen-bond acceptors (Lipinski definition) is 1. The number of halogens is 1. The second kappa shape index (κ2) is 7.85. The molecular formula is C13H17IO. The molecule has 0 atom stereocenters. The van der Waals surface area contributed by atoms with Crippen molar-refractivity contribution in [2.45, 2.75) is 36.0 Å². The fourth-order valence-electron chi connectivity index (χ4n) is 1.58. The molecule has 0 aliphatic heterocycles. The number of benzene rings is 1. The highest BCUT2D eigenvalue weighted by molar-refractivity contribution is 14.1. The van der Waals surface area contributed by atoms with Crippen LogP contribution in [0.25, 0.3) is 0 Å². The zero-order valence-electron chi connectivity index (χ0n) is 8.86. The van der Waals surface area contributed by atoms with Gasteiger partial charge in [0.15, 0.2) is 0 Å². The lowest BCUT2D eigenvalue weighted by molar-refractivity contribution is 0.112. The van der Waals surface area contributed by atoms with Crippen LogP contribution in [0.4, 0.5) is 0 Å². The van der Waals surface area contributed by atoms with E-state index in [1.807, 2.05) is 18.2 Å². The second-order valence-corrected chi connectivity index (χ2v) is 5.53. The molecule has 0 heterocycles. The highest BCUT2D eigenvalue weighted by atomic mass is 127. The van der Waals surface area contributed by atoms with Crippen molar-refractivity contribution in [1.29, 1.82) is 0 Å². The van der Waals surface area contributed by atoms with Crippen LogP contribution >= 0.6 is 22.6 Å². The second-order valence-electron chi connectivity index (χ2n) is 3.76. The molecule has 15 heavy (non-hydrogen) atoms. The van der Waals surface area contributed by atoms with E-state index in [-0.39, 0.29) is 0 Å². The summed E-state index contributed by atoms with van der Waals surface area (Å²) >= 11 is 2.56. The molecule has 0 bridgehead atoms. The fourth-order valence-corrected chi connectivity index (χ4v) is 2.47. The van der Waals surface area contributed by atoms with Crippen molar-refractivity contribution < 1.29 is 4.79 Å². The van der Waals surface area contributed by atoms with Crippen LogP contribution in [0.3, 0.4) is 0 Å². The topological polar surface area (TPSA) is 17.1 Å². The minimum absolute atomic E-state index is 0.729. The summed E-state index contributed by atoms with van der Waals surface area (Å²) in [6, 6.07) is 9.10. The van der Waals surface area contributed by atoms with Crippen molar-refractivity contribution >= 4 is 28.9 Å². The van der Waals surface area contributed by atoms with Gasteiger partial charge in [0.05, 0.1) is 0 Å². The summed E-state index contributed by atoms with van der Waals surface area (Å²) in [4.78, 5) is 10.0. The van der Waals surface area contributed by atoms with Gasteiger partial charge in [-0.1, -0.05) is 72.2 Å². The Balaban J connectivity index is 0.000000151. The average Bonchev–Trinajstić information content (AvgIpc) is 2.32. The number of carbonyl (C=O) groups excluding carboxylic acids is 1. The van der Waals surface area contributed by atoms with Crippen molar-refractivity contribution in [1.82, 2.24) is 0 Å². The van der Waals surface area contributed by atoms with Gasteiger partial charge in [0, 0.05) is 9.49 Å². The Hall–Kier alpha value is -0.380. The maximum Gasteiger partial charge on any atom is 0.150 e. The number of rotatable bonds is 1. The molecule has 0 saturated heterocycles. The molecule has 1 aromatic carbocycles. The van der Waals surface area contributed by atoms with Crippen LogP contribution in [0.1, 0.15) is 42.5 Å². The number of carbonyl (C=O) groups is 1. The monoisotopic (exact) mass is 316 g/mol. The predicted octanol–water partition coefficient (Wildman–Crippen LogP) is 4.25. The fraction of sp³-hybridized carbons (Fsp3) is 0.462. The number of aldehydes is 1. The van der Waals surface area contributed by atoms with Crippen LogP contribution in [0.15, 0.2) is 30.3 Å². The van der Waals surface area contributed by atoms with E-state index >= 15 is 0 Å². The van der Waals surface area contributed by atoms with Crippen LogP contribution in [-0.4, -0.2) is 10.2 Å². The molecule has 0 spiro atoms. The van der Waals surface area contributed by atoms with E-state index in [0.717, 1.165) is 15.8 Å². The van der Waals surface area contributed by atoms with E-state index in [1.165, 1.54) is 32.1 Å². The van der Waals surface area contributed by atoms with Gasteiger partial charge < -0.3 is 0 Å². The number of alkyl halides is 1. The van der Waals surface area contributed by atoms with Crippen LogP contribution in [0.2, 0.25) is 0 Å². The first-order chi connectivity index (χ1) is 7.33. The lowest BCUT2D eigenvalue weighted by Crippen LogP contribution is -2.02. The van der Waals surface area contributed by atoms with Crippen molar-refractivity contribution in [3.63, 3.8) is 0 Å². The van der Waals surface area contributed by atoms with Gasteiger partial charge in [-0.3, -0.25) is 4.79 Å². The summed E-state index contributed by atoms with van der Waals surface area (Å²) < 4.78 is 1.01. The maximum absolute atomic E-state index is 10.0. The summed E-state index contributed by atoms with van der Waals surface area (Å²) in [6.07, 6.45) is 8.22. The summed E-state index contributed by atoms with van der Waals surface area (Å²) in [5.41, 5.74) is 0.729. The molecule has 0 amide bonds. The van der Waals surface area contributed by atoms with Crippen LogP contribution in [0.5, 0.6) is 0 Å². The first-order valence-electron chi connectivity index (χ1n) is 5.47. The minimum Gasteiger partial charge on any atom is -0.298 e. The van der Waals surface area contributed by atoms with Crippen molar-refractivity contribution in [2.75, 3.05) is 0 Å². The predicted molar refractivity (Wildman–Crippen MR) is 72.7 cm³/mol. The van der Waals surface area contributed by atoms with E-state index in [1.54, 1.807) is 12.1 Å². The third-order valence-electron chi connectivity index (χ3n) is 2.47. The van der Waals surface area contributed by atoms with Gasteiger partial charge in [-0.2, -0.15) is 0 Å². The third kappa shape index (κ3) is 5.92. The molecule has 0 radical (unpaired) electrons. The Labute approximate surface area is 105 Å². The summed E-state index contributed by atoms with van der Waals surface area (Å²) in [6.45, 7) is 0. The molecule has 0 N–H and O–H groups in total. The van der Waals surface area contributed by atoms with E-state index < -0.39 is 0 Å². The maximum atomic E-state index is 10.0. The Morgan fingerprint density at radius 1 is 1.07 bits per heavy atom. The molecule has 1 aromatic rings. The van der Waals surface area contributed by atoms with Crippen molar-refractivity contribution in [2.24, 2.45) is 0 Å². The lowest BCUT2D eigenvalue weighted by Gasteiger charge is -2.13. The van der Waals surface area contributed by atoms with Gasteiger partial charge in [-0.15, -0.1) is 0 Å². The molecule has 1 aliphatic carbocycles. The smallest absolute Gasteiger partial charge is 0.150 e. The van der Waals surface area contributed by atoms with Crippen LogP contribution < -0.4 is 0 Å². The number of hydrogen-bond donors (Lipinski definition) is 0. The van der Waals surface area contributed by atoms with Crippen LogP contribution in [-0.2, 0) is 0 Å². The molecular weight excluding hydrogens is 299 g/mol. The Kier molecular flexibility index (Phi) is 6.64. The molecule has 0 aromatic heterocycles. The van der Waals surface area contributed by atoms with Crippen LogP contribution in [0, 0.1) is 0 Å². The van der Waals surface area contributed by atoms with Gasteiger partial charge in [-0.25, -0.2) is 0 Å². The lowest BCUT2D eigenvalue weighted by atomic mass is 10.0. The SMILES string of the molecule is IC1CCCCC1.O=Cc1ccccc1. The highest BCUT2D eigenvalue weighted by Crippen LogP contribution is 2.23. The molecule has 1 aliphatic rings. The summed E-state index contributed by atoms with van der Waals surface area (Å²) in [5, 5.41) is 0. The summed E-state index contributed by atoms with van der Waals surface area (Å²) in [7, 11) is 0. The molecule has 82 valence electrons. The van der Waals surface area contributed by atoms with Crippen molar-refractivity contribution in [3.8, 4) is 0 Å². The van der Waals surface area contributed by atoms with Gasteiger partial charge in [0.2, 0.25) is 0 Å². The zero-order valence-corrected chi connectivity index (χ0v) is 11.0. The van der Waals surface area contributed by atoms with Gasteiger partial charge >= 0.3 is 0 Å². The van der Waals surface area contributed by atoms with E-state index in [2.05, 4.69) is 22.6 Å². The molecule has 1 nitrogen and oxygen atoms in total. The Morgan fingerprint density at radius 2 is 1.67 bits per heavy atom. The van der Waals surface area contributed by atoms with E-state index in [4.69, 9.17) is 0 Å². The molecule has 2 heteroatoms. The molecule has 1 saturated carbocycles. The molecule has 1 fully saturated rings.